The van der Waals surface area contributed by atoms with Gasteiger partial charge in [0.2, 0.25) is 0 Å². The highest BCUT2D eigenvalue weighted by molar-refractivity contribution is 5.64. The molecule has 0 fully saturated rings. The van der Waals surface area contributed by atoms with Gasteiger partial charge in [-0.05, 0) is 6.07 Å². The number of hydrogen-bond acceptors (Lipinski definition) is 7. The molecule has 0 amide bonds. The molecule has 1 atom stereocenters. The first kappa shape index (κ1) is 16.8. The van der Waals surface area contributed by atoms with Crippen LogP contribution in [0.3, 0.4) is 0 Å². The van der Waals surface area contributed by atoms with Crippen LogP contribution >= 0.6 is 0 Å². The Morgan fingerprint density at radius 3 is 2.80 bits per heavy atom. The second kappa shape index (κ2) is 6.09. The molecule has 4 N–H and O–H groups in total. The Labute approximate surface area is 139 Å². The van der Waals surface area contributed by atoms with E-state index in [2.05, 4.69) is 20.4 Å². The number of aromatic nitrogens is 4. The highest BCUT2D eigenvalue weighted by atomic mass is 19.4. The minimum atomic E-state index is -4.64. The van der Waals surface area contributed by atoms with Crippen molar-refractivity contribution in [2.75, 3.05) is 18.2 Å². The average Bonchev–Trinajstić information content (AvgIpc) is 2.89. The largest absolute Gasteiger partial charge is 0.494 e. The van der Waals surface area contributed by atoms with Gasteiger partial charge in [0.25, 0.3) is 0 Å². The van der Waals surface area contributed by atoms with Gasteiger partial charge in [0.15, 0.2) is 17.7 Å². The fourth-order valence-corrected chi connectivity index (χ4v) is 2.27. The first-order valence-electron chi connectivity index (χ1n) is 6.96. The average molecular weight is 354 g/mol. The van der Waals surface area contributed by atoms with Crippen molar-refractivity contribution in [3.8, 4) is 5.75 Å². The van der Waals surface area contributed by atoms with Crippen molar-refractivity contribution in [3.63, 3.8) is 0 Å². The number of aliphatic hydroxyl groups excluding tert-OH is 1. The minimum Gasteiger partial charge on any atom is -0.494 e. The summed E-state index contributed by atoms with van der Waals surface area (Å²) >= 11 is 0. The normalized spacial score (nSPS) is 13.0. The van der Waals surface area contributed by atoms with Crippen LogP contribution in [0, 0.1) is 0 Å². The van der Waals surface area contributed by atoms with Gasteiger partial charge in [0.05, 0.1) is 24.6 Å². The number of nitrogens with two attached hydrogens (primary N) is 1. The molecule has 3 aromatic rings. The van der Waals surface area contributed by atoms with E-state index in [9.17, 15) is 18.3 Å². The fourth-order valence-electron chi connectivity index (χ4n) is 2.27. The van der Waals surface area contributed by atoms with Crippen LogP contribution in [0.25, 0.3) is 5.65 Å². The molecule has 1 unspecified atom stereocenters. The van der Waals surface area contributed by atoms with Gasteiger partial charge in [-0.3, -0.25) is 4.98 Å². The lowest BCUT2D eigenvalue weighted by Gasteiger charge is -2.16. The van der Waals surface area contributed by atoms with E-state index in [0.717, 1.165) is 16.8 Å². The van der Waals surface area contributed by atoms with Gasteiger partial charge in [-0.1, -0.05) is 0 Å². The number of halogens is 3. The Balaban J connectivity index is 2.03. The van der Waals surface area contributed by atoms with E-state index in [1.165, 1.54) is 19.5 Å². The molecule has 0 saturated carbocycles. The number of fused-ring (bicyclic) bond motifs is 1. The van der Waals surface area contributed by atoms with Crippen LogP contribution in [-0.4, -0.2) is 31.8 Å². The first-order valence-corrected chi connectivity index (χ1v) is 6.96. The summed E-state index contributed by atoms with van der Waals surface area (Å²) in [6.45, 7) is 0. The number of nitrogens with one attached hydrogen (secondary N) is 1. The highest BCUT2D eigenvalue weighted by Crippen LogP contribution is 2.32. The Bertz CT molecular complexity index is 911. The van der Waals surface area contributed by atoms with Crippen molar-refractivity contribution in [2.45, 2.75) is 12.4 Å². The zero-order valence-corrected chi connectivity index (χ0v) is 12.8. The summed E-state index contributed by atoms with van der Waals surface area (Å²) in [6, 6.07) is 2.32. The lowest BCUT2D eigenvalue weighted by atomic mass is 10.2. The van der Waals surface area contributed by atoms with E-state index in [1.54, 1.807) is 6.07 Å². The number of pyridine rings is 1. The second-order valence-corrected chi connectivity index (χ2v) is 5.00. The number of aliphatic hydroxyl groups is 1. The molecule has 0 bridgehead atoms. The molecule has 25 heavy (non-hydrogen) atoms. The molecule has 0 radical (unpaired) electrons. The number of ether oxygens (including phenoxy) is 1. The minimum absolute atomic E-state index is 0.0861. The van der Waals surface area contributed by atoms with Crippen molar-refractivity contribution in [1.82, 2.24) is 19.6 Å². The Morgan fingerprint density at radius 1 is 1.36 bits per heavy atom. The molecule has 0 aliphatic heterocycles. The number of hydrogen-bond donors (Lipinski definition) is 3. The van der Waals surface area contributed by atoms with Crippen molar-refractivity contribution in [1.29, 1.82) is 0 Å². The molecular weight excluding hydrogens is 341 g/mol. The van der Waals surface area contributed by atoms with Gasteiger partial charge in [0, 0.05) is 18.5 Å². The van der Waals surface area contributed by atoms with E-state index in [1.807, 2.05) is 0 Å². The zero-order chi connectivity index (χ0) is 18.2. The molecular formula is C14H13F3N6O2. The van der Waals surface area contributed by atoms with Crippen LogP contribution < -0.4 is 15.8 Å². The van der Waals surface area contributed by atoms with Crippen LogP contribution in [0.15, 0.2) is 30.7 Å². The highest BCUT2D eigenvalue weighted by Gasteiger charge is 2.33. The summed E-state index contributed by atoms with van der Waals surface area (Å²) < 4.78 is 44.8. The maximum absolute atomic E-state index is 12.9. The van der Waals surface area contributed by atoms with Gasteiger partial charge >= 0.3 is 6.18 Å². The lowest BCUT2D eigenvalue weighted by molar-refractivity contribution is -0.141. The molecule has 11 heteroatoms. The number of alkyl halides is 3. The number of methoxy groups -OCH3 is 1. The molecule has 3 aromatic heterocycles. The van der Waals surface area contributed by atoms with Crippen molar-refractivity contribution < 1.29 is 23.0 Å². The number of nitrogen functional groups attached to an aromatic ring is 1. The molecule has 0 saturated heterocycles. The van der Waals surface area contributed by atoms with Crippen molar-refractivity contribution >= 4 is 17.2 Å². The third kappa shape index (κ3) is 3.13. The fraction of sp³-hybridized carbons (Fsp3) is 0.214. The summed E-state index contributed by atoms with van der Waals surface area (Å²) in [5.41, 5.74) is 4.64. The van der Waals surface area contributed by atoms with Gasteiger partial charge in [-0.25, -0.2) is 9.50 Å². The number of rotatable bonds is 4. The predicted octanol–water partition coefficient (Wildman–Crippen LogP) is 1.84. The topological polar surface area (TPSA) is 111 Å². The van der Waals surface area contributed by atoms with Crippen LogP contribution in [0.4, 0.5) is 24.7 Å². The number of nitrogens with zero attached hydrogens (tertiary/aromatic N) is 4. The first-order chi connectivity index (χ1) is 11.8. The standard InChI is InChI=1S/C14H13F3N6O2/c1-25-8-2-4-19-6-7(8)20-13(24)10-11(18)22-23-5-3-9(14(15,16)17)21-12(10)23/h2-6,13,20,24H,1H3,(H2,18,22). The van der Waals surface area contributed by atoms with Crippen molar-refractivity contribution in [2.24, 2.45) is 0 Å². The van der Waals surface area contributed by atoms with Crippen LogP contribution in [0.2, 0.25) is 0 Å². The van der Waals surface area contributed by atoms with E-state index < -0.39 is 18.1 Å². The summed E-state index contributed by atoms with van der Waals surface area (Å²) in [7, 11) is 1.42. The summed E-state index contributed by atoms with van der Waals surface area (Å²) in [5, 5.41) is 16.9. The zero-order valence-electron chi connectivity index (χ0n) is 12.8. The van der Waals surface area contributed by atoms with Crippen molar-refractivity contribution in [3.05, 3.63) is 42.0 Å². The Kier molecular flexibility index (Phi) is 4.08. The van der Waals surface area contributed by atoms with Gasteiger partial charge in [0.1, 0.15) is 11.4 Å². The molecule has 0 aliphatic carbocycles. The Morgan fingerprint density at radius 2 is 2.12 bits per heavy atom. The molecule has 0 aliphatic rings. The third-order valence-corrected chi connectivity index (χ3v) is 3.41. The quantitative estimate of drug-likeness (QED) is 0.613. The third-order valence-electron chi connectivity index (χ3n) is 3.41. The molecule has 0 aromatic carbocycles. The maximum atomic E-state index is 12.9. The van der Waals surface area contributed by atoms with E-state index >= 15 is 0 Å². The summed E-state index contributed by atoms with van der Waals surface area (Å²) in [4.78, 5) is 7.41. The Hall–Kier alpha value is -3.08. The molecule has 8 nitrogen and oxygen atoms in total. The second-order valence-electron chi connectivity index (χ2n) is 5.00. The van der Waals surface area contributed by atoms with E-state index in [0.29, 0.717) is 11.4 Å². The molecule has 3 heterocycles. The summed E-state index contributed by atoms with van der Waals surface area (Å²) in [6.07, 6.45) is -2.17. The van der Waals surface area contributed by atoms with Gasteiger partial charge < -0.3 is 20.9 Å². The monoisotopic (exact) mass is 354 g/mol. The molecule has 132 valence electrons. The van der Waals surface area contributed by atoms with Crippen LogP contribution in [-0.2, 0) is 6.18 Å². The van der Waals surface area contributed by atoms with Crippen LogP contribution in [0.5, 0.6) is 5.75 Å². The summed E-state index contributed by atoms with van der Waals surface area (Å²) in [5.74, 6) is 0.225. The van der Waals surface area contributed by atoms with Gasteiger partial charge in [-0.2, -0.15) is 13.2 Å². The molecule has 3 rings (SSSR count). The van der Waals surface area contributed by atoms with Gasteiger partial charge in [-0.15, -0.1) is 5.10 Å². The van der Waals surface area contributed by atoms with E-state index in [-0.39, 0.29) is 17.0 Å². The maximum Gasteiger partial charge on any atom is 0.433 e. The smallest absolute Gasteiger partial charge is 0.433 e. The van der Waals surface area contributed by atoms with Crippen LogP contribution in [0.1, 0.15) is 17.5 Å². The SMILES string of the molecule is COc1ccncc1NC(O)c1c(N)nn2ccc(C(F)(F)F)nc12. The van der Waals surface area contributed by atoms with E-state index in [4.69, 9.17) is 10.5 Å². The number of anilines is 2. The predicted molar refractivity (Wildman–Crippen MR) is 81.8 cm³/mol. The lowest BCUT2D eigenvalue weighted by Crippen LogP contribution is -2.14. The molecule has 0 spiro atoms.